The van der Waals surface area contributed by atoms with Gasteiger partial charge in [-0.15, -0.1) is 0 Å². The second-order valence-electron chi connectivity index (χ2n) is 3.69. The largest absolute Gasteiger partial charge is 0.273 e. The third-order valence-electron chi connectivity index (χ3n) is 2.48. The molecule has 0 heterocycles. The lowest BCUT2D eigenvalue weighted by molar-refractivity contribution is -0.385. The highest BCUT2D eigenvalue weighted by atomic mass is 19.1. The molecule has 0 N–H and O–H groups in total. The number of halogens is 1. The number of nitrogens with zero attached hydrogens (tertiary/aromatic N) is 1. The standard InChI is InChI=1S/C13H10FNO2/c14-12-6-7-13(15(16)17)11(9-12)8-10-4-2-1-3-5-10/h1-7,9H,8H2. The first-order chi connectivity index (χ1) is 8.16. The van der Waals surface area contributed by atoms with Crippen LogP contribution in [0.3, 0.4) is 0 Å². The van der Waals surface area contributed by atoms with Crippen molar-refractivity contribution >= 4 is 5.69 Å². The molecule has 2 aromatic rings. The molecule has 0 amide bonds. The summed E-state index contributed by atoms with van der Waals surface area (Å²) in [6, 6.07) is 12.8. The quantitative estimate of drug-likeness (QED) is 0.600. The summed E-state index contributed by atoms with van der Waals surface area (Å²) in [5.74, 6) is -0.457. The third kappa shape index (κ3) is 2.66. The van der Waals surface area contributed by atoms with Gasteiger partial charge in [-0.3, -0.25) is 10.1 Å². The highest BCUT2D eigenvalue weighted by molar-refractivity contribution is 5.43. The van der Waals surface area contributed by atoms with E-state index in [-0.39, 0.29) is 5.69 Å². The summed E-state index contributed by atoms with van der Waals surface area (Å²) in [6.45, 7) is 0. The Morgan fingerprint density at radius 3 is 2.47 bits per heavy atom. The van der Waals surface area contributed by atoms with Crippen LogP contribution in [-0.4, -0.2) is 4.92 Å². The summed E-state index contributed by atoms with van der Waals surface area (Å²) in [5.41, 5.74) is 1.26. The summed E-state index contributed by atoms with van der Waals surface area (Å²) in [5, 5.41) is 10.8. The number of nitro benzene ring substituents is 1. The first-order valence-corrected chi connectivity index (χ1v) is 5.13. The molecule has 2 rings (SSSR count). The monoisotopic (exact) mass is 231 g/mol. The van der Waals surface area contributed by atoms with Gasteiger partial charge in [0.15, 0.2) is 0 Å². The summed E-state index contributed by atoms with van der Waals surface area (Å²) < 4.78 is 13.1. The summed E-state index contributed by atoms with van der Waals surface area (Å²) in [4.78, 5) is 10.3. The predicted octanol–water partition coefficient (Wildman–Crippen LogP) is 3.32. The van der Waals surface area contributed by atoms with Crippen molar-refractivity contribution in [3.05, 3.63) is 75.6 Å². The summed E-state index contributed by atoms with van der Waals surface area (Å²) in [7, 11) is 0. The van der Waals surface area contributed by atoms with Crippen molar-refractivity contribution in [2.24, 2.45) is 0 Å². The predicted molar refractivity (Wildman–Crippen MR) is 62.3 cm³/mol. The van der Waals surface area contributed by atoms with Crippen LogP contribution in [0, 0.1) is 15.9 Å². The molecule has 0 atom stereocenters. The van der Waals surface area contributed by atoms with Gasteiger partial charge in [0, 0.05) is 18.1 Å². The van der Waals surface area contributed by atoms with Crippen molar-refractivity contribution < 1.29 is 9.31 Å². The molecule has 0 saturated heterocycles. The van der Waals surface area contributed by atoms with E-state index in [0.29, 0.717) is 12.0 Å². The number of rotatable bonds is 3. The SMILES string of the molecule is O=[N+]([O-])c1ccc(F)cc1Cc1ccccc1. The average molecular weight is 231 g/mol. The van der Waals surface area contributed by atoms with E-state index in [2.05, 4.69) is 0 Å². The molecule has 0 aliphatic heterocycles. The van der Waals surface area contributed by atoms with Gasteiger partial charge in [0.1, 0.15) is 5.82 Å². The maximum Gasteiger partial charge on any atom is 0.273 e. The Kier molecular flexibility index (Phi) is 3.14. The van der Waals surface area contributed by atoms with Gasteiger partial charge in [-0.05, 0) is 17.7 Å². The molecule has 0 bridgehead atoms. The van der Waals surface area contributed by atoms with Crippen LogP contribution in [0.4, 0.5) is 10.1 Å². The molecule has 17 heavy (non-hydrogen) atoms. The van der Waals surface area contributed by atoms with Gasteiger partial charge in [-0.1, -0.05) is 30.3 Å². The average Bonchev–Trinajstić information content (AvgIpc) is 2.30. The van der Waals surface area contributed by atoms with E-state index in [0.717, 1.165) is 11.6 Å². The maximum absolute atomic E-state index is 13.1. The van der Waals surface area contributed by atoms with Crippen molar-refractivity contribution in [1.82, 2.24) is 0 Å². The molecule has 0 aliphatic rings. The molecule has 0 saturated carbocycles. The second-order valence-corrected chi connectivity index (χ2v) is 3.69. The molecule has 0 radical (unpaired) electrons. The van der Waals surface area contributed by atoms with E-state index >= 15 is 0 Å². The van der Waals surface area contributed by atoms with E-state index < -0.39 is 10.7 Å². The van der Waals surface area contributed by atoms with Crippen molar-refractivity contribution in [1.29, 1.82) is 0 Å². The molecular formula is C13H10FNO2. The zero-order valence-corrected chi connectivity index (χ0v) is 8.97. The first-order valence-electron chi connectivity index (χ1n) is 5.13. The normalized spacial score (nSPS) is 10.2. The Morgan fingerprint density at radius 1 is 1.12 bits per heavy atom. The van der Waals surface area contributed by atoms with Gasteiger partial charge in [0.25, 0.3) is 5.69 Å². The second kappa shape index (κ2) is 4.74. The fourth-order valence-corrected chi connectivity index (χ4v) is 1.69. The molecule has 2 aromatic carbocycles. The van der Waals surface area contributed by atoms with Gasteiger partial charge in [-0.25, -0.2) is 4.39 Å². The minimum atomic E-state index is -0.488. The van der Waals surface area contributed by atoms with Crippen molar-refractivity contribution in [3.8, 4) is 0 Å². The molecule has 0 aromatic heterocycles. The fourth-order valence-electron chi connectivity index (χ4n) is 1.69. The van der Waals surface area contributed by atoms with Crippen LogP contribution in [-0.2, 0) is 6.42 Å². The van der Waals surface area contributed by atoms with Gasteiger partial charge >= 0.3 is 0 Å². The van der Waals surface area contributed by atoms with Crippen LogP contribution in [0.1, 0.15) is 11.1 Å². The molecule has 0 aliphatic carbocycles. The summed E-state index contributed by atoms with van der Waals surface area (Å²) in [6.07, 6.45) is 0.356. The van der Waals surface area contributed by atoms with Crippen LogP contribution in [0.25, 0.3) is 0 Å². The highest BCUT2D eigenvalue weighted by Crippen LogP contribution is 2.22. The van der Waals surface area contributed by atoms with Crippen LogP contribution < -0.4 is 0 Å². The minimum Gasteiger partial charge on any atom is -0.258 e. The minimum absolute atomic E-state index is 0.0461. The van der Waals surface area contributed by atoms with Crippen LogP contribution in [0.15, 0.2) is 48.5 Å². The number of hydrogen-bond donors (Lipinski definition) is 0. The Hall–Kier alpha value is -2.23. The molecule has 86 valence electrons. The smallest absolute Gasteiger partial charge is 0.258 e. The third-order valence-corrected chi connectivity index (χ3v) is 2.48. The first kappa shape index (κ1) is 11.3. The highest BCUT2D eigenvalue weighted by Gasteiger charge is 2.14. The Bertz CT molecular complexity index is 540. The van der Waals surface area contributed by atoms with Gasteiger partial charge in [0.2, 0.25) is 0 Å². The number of nitro groups is 1. The van der Waals surface area contributed by atoms with E-state index in [9.17, 15) is 14.5 Å². The molecule has 0 spiro atoms. The van der Waals surface area contributed by atoms with Gasteiger partial charge < -0.3 is 0 Å². The van der Waals surface area contributed by atoms with Crippen molar-refractivity contribution in [2.45, 2.75) is 6.42 Å². The molecule has 4 heteroatoms. The molecular weight excluding hydrogens is 221 g/mol. The number of hydrogen-bond acceptors (Lipinski definition) is 2. The Labute approximate surface area is 97.7 Å². The fraction of sp³-hybridized carbons (Fsp3) is 0.0769. The Balaban J connectivity index is 2.37. The van der Waals surface area contributed by atoms with Crippen LogP contribution >= 0.6 is 0 Å². The van der Waals surface area contributed by atoms with Crippen molar-refractivity contribution in [2.75, 3.05) is 0 Å². The zero-order chi connectivity index (χ0) is 12.3. The lowest BCUT2D eigenvalue weighted by atomic mass is 10.0. The van der Waals surface area contributed by atoms with Gasteiger partial charge in [0.05, 0.1) is 4.92 Å². The molecule has 0 fully saturated rings. The van der Waals surface area contributed by atoms with Crippen LogP contribution in [0.5, 0.6) is 0 Å². The van der Waals surface area contributed by atoms with E-state index in [1.165, 1.54) is 12.1 Å². The Morgan fingerprint density at radius 2 is 1.82 bits per heavy atom. The lowest BCUT2D eigenvalue weighted by Gasteiger charge is -2.03. The molecule has 3 nitrogen and oxygen atoms in total. The van der Waals surface area contributed by atoms with E-state index in [1.54, 1.807) is 0 Å². The van der Waals surface area contributed by atoms with Crippen molar-refractivity contribution in [3.63, 3.8) is 0 Å². The summed E-state index contributed by atoms with van der Waals surface area (Å²) >= 11 is 0. The zero-order valence-electron chi connectivity index (χ0n) is 8.97. The maximum atomic E-state index is 13.1. The molecule has 0 unspecified atom stereocenters. The van der Waals surface area contributed by atoms with Crippen LogP contribution in [0.2, 0.25) is 0 Å². The lowest BCUT2D eigenvalue weighted by Crippen LogP contribution is -1.97. The number of benzene rings is 2. The topological polar surface area (TPSA) is 43.1 Å². The van der Waals surface area contributed by atoms with E-state index in [1.807, 2.05) is 30.3 Å². The van der Waals surface area contributed by atoms with E-state index in [4.69, 9.17) is 0 Å². The van der Waals surface area contributed by atoms with Gasteiger partial charge in [-0.2, -0.15) is 0 Å².